The van der Waals surface area contributed by atoms with Gasteiger partial charge in [0.05, 0.1) is 36.8 Å². The van der Waals surface area contributed by atoms with Gasteiger partial charge in [0.1, 0.15) is 0 Å². The van der Waals surface area contributed by atoms with Crippen molar-refractivity contribution in [1.29, 1.82) is 0 Å². The van der Waals surface area contributed by atoms with Gasteiger partial charge in [0.25, 0.3) is 0 Å². The molecular weight excluding hydrogens is 669 g/mol. The summed E-state index contributed by atoms with van der Waals surface area (Å²) < 4.78 is 2.23. The summed E-state index contributed by atoms with van der Waals surface area (Å²) in [5, 5.41) is 58.8. The first-order chi connectivity index (χ1) is 23.8. The molecule has 1 aromatic heterocycles. The van der Waals surface area contributed by atoms with Gasteiger partial charge in [0.15, 0.2) is 5.78 Å². The number of carbonyl (C=O) groups is 1. The summed E-state index contributed by atoms with van der Waals surface area (Å²) in [6.07, 6.45) is 14.9. The van der Waals surface area contributed by atoms with Gasteiger partial charge >= 0.3 is 0 Å². The summed E-state index contributed by atoms with van der Waals surface area (Å²) >= 11 is 0. The molecule has 0 amide bonds. The van der Waals surface area contributed by atoms with Crippen molar-refractivity contribution < 1.29 is 30.3 Å². The van der Waals surface area contributed by atoms with E-state index in [4.69, 9.17) is 0 Å². The lowest BCUT2D eigenvalue weighted by Gasteiger charge is -2.61. The number of rotatable bonds is 2. The molecule has 0 radical (unpaired) electrons. The largest absolute Gasteiger partial charge is 0.396 e. The van der Waals surface area contributed by atoms with Crippen LogP contribution in [0.3, 0.4) is 0 Å². The van der Waals surface area contributed by atoms with Crippen LogP contribution < -0.4 is 0 Å². The lowest BCUT2D eigenvalue weighted by Crippen LogP contribution is -2.64. The third-order valence-corrected chi connectivity index (χ3v) is 17.6. The molecule has 1 aliphatic heterocycles. The predicted molar refractivity (Wildman–Crippen MR) is 199 cm³/mol. The summed E-state index contributed by atoms with van der Waals surface area (Å²) in [6, 6.07) is 0.209. The number of fused-ring (bicyclic) bond motifs is 9. The number of hydrogen-bond acceptors (Lipinski definition) is 9. The fraction of sp³-hybridized carbons (Fsp3) is 0.800. The molecule has 5 aliphatic carbocycles. The number of hydrogen-bond donors (Lipinski definition) is 5. The van der Waals surface area contributed by atoms with Crippen LogP contribution in [0.1, 0.15) is 111 Å². The van der Waals surface area contributed by atoms with Crippen molar-refractivity contribution in [3.05, 3.63) is 41.5 Å². The highest BCUT2D eigenvalue weighted by atomic mass is 33.1. The zero-order valence-electron chi connectivity index (χ0n) is 30.5. The number of carbonyl (C=O) groups excluding carboxylic acids is 1. The predicted octanol–water partition coefficient (Wildman–Crippen LogP) is 6.29. The SMILES string of the molecule is CC1C(O)CC(=C2CCCCC2)C(C)(C)CC(n2ccnc2)CSSCC2CC1C1(CO)CCC3C(=CC(=O)C4CC(O)C(O)CC43C)C21O. The number of allylic oxidation sites excluding steroid dienone is 2. The second kappa shape index (κ2) is 13.9. The summed E-state index contributed by atoms with van der Waals surface area (Å²) in [6.45, 7) is 8.72. The Morgan fingerprint density at radius 2 is 1.70 bits per heavy atom. The maximum Gasteiger partial charge on any atom is 0.159 e. The van der Waals surface area contributed by atoms with E-state index in [2.05, 4.69) is 43.4 Å². The minimum absolute atomic E-state index is 0.0794. The van der Waals surface area contributed by atoms with Crippen molar-refractivity contribution in [1.82, 2.24) is 9.55 Å². The topological polar surface area (TPSA) is 136 Å². The van der Waals surface area contributed by atoms with E-state index in [1.165, 1.54) is 30.4 Å². The van der Waals surface area contributed by atoms with Crippen LogP contribution in [0, 0.1) is 45.8 Å². The molecule has 5 N–H and O–H groups in total. The Balaban J connectivity index is 1.31. The van der Waals surface area contributed by atoms with E-state index in [-0.39, 0.29) is 53.9 Å². The first kappa shape index (κ1) is 37.2. The van der Waals surface area contributed by atoms with Gasteiger partial charge in [-0.2, -0.15) is 0 Å². The molecule has 0 spiro atoms. The third-order valence-electron chi connectivity index (χ3n) is 15.0. The Kier molecular flexibility index (Phi) is 10.4. The monoisotopic (exact) mass is 728 g/mol. The molecule has 12 atom stereocenters. The van der Waals surface area contributed by atoms with Gasteiger partial charge < -0.3 is 30.1 Å². The quantitative estimate of drug-likeness (QED) is 0.176. The van der Waals surface area contributed by atoms with Crippen molar-refractivity contribution in [3.63, 3.8) is 0 Å². The molecule has 10 heteroatoms. The molecule has 2 bridgehead atoms. The van der Waals surface area contributed by atoms with Crippen molar-refractivity contribution in [2.24, 2.45) is 45.8 Å². The van der Waals surface area contributed by atoms with E-state index in [1.807, 2.05) is 23.3 Å². The number of aliphatic hydroxyl groups is 5. The zero-order valence-corrected chi connectivity index (χ0v) is 32.1. The van der Waals surface area contributed by atoms with Gasteiger partial charge in [0, 0.05) is 47.2 Å². The molecule has 50 heavy (non-hydrogen) atoms. The molecule has 0 aromatic carbocycles. The van der Waals surface area contributed by atoms with Crippen LogP contribution in [0.25, 0.3) is 0 Å². The Morgan fingerprint density at radius 3 is 2.40 bits per heavy atom. The van der Waals surface area contributed by atoms with Crippen molar-refractivity contribution in [2.45, 2.75) is 135 Å². The fourth-order valence-electron chi connectivity index (χ4n) is 12.3. The number of aliphatic hydroxyl groups excluding tert-OH is 4. The smallest absolute Gasteiger partial charge is 0.159 e. The fourth-order valence-corrected chi connectivity index (χ4v) is 15.0. The van der Waals surface area contributed by atoms with Crippen molar-refractivity contribution in [3.8, 4) is 0 Å². The Hall–Kier alpha value is -1.14. The molecule has 2 heterocycles. The molecule has 1 aromatic rings. The third kappa shape index (κ3) is 5.94. The highest BCUT2D eigenvalue weighted by Crippen LogP contribution is 2.70. The van der Waals surface area contributed by atoms with E-state index in [0.29, 0.717) is 37.9 Å². The van der Waals surface area contributed by atoms with Crippen molar-refractivity contribution >= 4 is 27.4 Å². The molecule has 7 rings (SSSR count). The number of imidazole rings is 1. The molecule has 8 nitrogen and oxygen atoms in total. The number of nitrogens with zero attached hydrogens (tertiary/aromatic N) is 2. The molecule has 5 fully saturated rings. The van der Waals surface area contributed by atoms with Crippen LogP contribution in [0.5, 0.6) is 0 Å². The Bertz CT molecular complexity index is 1470. The number of ketones is 1. The molecule has 6 aliphatic rings. The van der Waals surface area contributed by atoms with Crippen LogP contribution in [-0.4, -0.2) is 82.9 Å². The minimum atomic E-state index is -1.42. The molecule has 4 saturated carbocycles. The average Bonchev–Trinajstić information content (AvgIpc) is 3.71. The van der Waals surface area contributed by atoms with E-state index in [1.54, 1.807) is 16.9 Å². The number of aromatic nitrogens is 2. The summed E-state index contributed by atoms with van der Waals surface area (Å²) in [4.78, 5) is 18.4. The van der Waals surface area contributed by atoms with E-state index < -0.39 is 40.7 Å². The maximum atomic E-state index is 14.0. The normalized spacial score (nSPS) is 45.6. The van der Waals surface area contributed by atoms with Gasteiger partial charge in [0.2, 0.25) is 0 Å². The van der Waals surface area contributed by atoms with Gasteiger partial charge in [-0.25, -0.2) is 4.98 Å². The summed E-state index contributed by atoms with van der Waals surface area (Å²) in [7, 11) is 3.62. The van der Waals surface area contributed by atoms with Gasteiger partial charge in [-0.15, -0.1) is 0 Å². The van der Waals surface area contributed by atoms with Crippen molar-refractivity contribution in [2.75, 3.05) is 18.1 Å². The lowest BCUT2D eigenvalue weighted by molar-refractivity contribution is -0.169. The van der Waals surface area contributed by atoms with Crippen LogP contribution in [0.4, 0.5) is 0 Å². The minimum Gasteiger partial charge on any atom is -0.396 e. The molecule has 12 unspecified atom stereocenters. The second-order valence-corrected chi connectivity index (χ2v) is 20.5. The first-order valence-corrected chi connectivity index (χ1v) is 21.8. The highest BCUT2D eigenvalue weighted by Gasteiger charge is 2.71. The maximum absolute atomic E-state index is 14.0. The van der Waals surface area contributed by atoms with Gasteiger partial charge in [-0.3, -0.25) is 4.79 Å². The van der Waals surface area contributed by atoms with Gasteiger partial charge in [-0.1, -0.05) is 66.8 Å². The zero-order chi connectivity index (χ0) is 35.6. The Labute approximate surface area is 306 Å². The van der Waals surface area contributed by atoms with Gasteiger partial charge in [-0.05, 0) is 111 Å². The van der Waals surface area contributed by atoms with Crippen LogP contribution in [-0.2, 0) is 4.79 Å². The van der Waals surface area contributed by atoms with E-state index in [9.17, 15) is 30.3 Å². The molecule has 1 saturated heterocycles. The Morgan fingerprint density at radius 1 is 0.960 bits per heavy atom. The van der Waals surface area contributed by atoms with E-state index in [0.717, 1.165) is 30.6 Å². The lowest BCUT2D eigenvalue weighted by atomic mass is 9.45. The first-order valence-electron chi connectivity index (χ1n) is 19.3. The average molecular weight is 729 g/mol. The molecular formula is C40H60N2O6S2. The van der Waals surface area contributed by atoms with Crippen LogP contribution in [0.2, 0.25) is 0 Å². The van der Waals surface area contributed by atoms with E-state index >= 15 is 0 Å². The summed E-state index contributed by atoms with van der Waals surface area (Å²) in [5.74, 6) is 0.397. The highest BCUT2D eigenvalue weighted by molar-refractivity contribution is 8.76. The standard InChI is InChI=1S/C40H60N2O6S2/c1-24-29-14-26(40(48)31-16-34(45)32-17-35(46)36(47)19-38(32,4)28(31)10-11-39(29,40)22-43)20-49-50-21-27(42-13-12-41-23-42)18-37(2,3)30(15-33(24)44)25-8-6-5-7-9-25/h12-13,16,23-24,26-29,32-33,35-36,43-44,46-48H,5-11,14-15,17-22H2,1-4H3. The van der Waals surface area contributed by atoms with Crippen LogP contribution in [0.15, 0.2) is 41.5 Å². The summed E-state index contributed by atoms with van der Waals surface area (Å²) in [5.41, 5.74) is 0.594. The second-order valence-electron chi connectivity index (χ2n) is 17.9. The van der Waals surface area contributed by atoms with Crippen LogP contribution >= 0.6 is 21.6 Å². The molecule has 278 valence electrons.